The maximum absolute atomic E-state index is 13.3. The molecule has 4 nitrogen and oxygen atoms in total. The molecule has 0 aliphatic rings. The average molecular weight is 419 g/mol. The van der Waals surface area contributed by atoms with Crippen molar-refractivity contribution in [1.82, 2.24) is 0 Å². The van der Waals surface area contributed by atoms with E-state index in [0.717, 1.165) is 27.8 Å². The number of hydrogen-bond acceptors (Lipinski definition) is 4. The Balaban J connectivity index is 2.01. The number of carbonyl (C=O) groups is 1. The maximum Gasteiger partial charge on any atom is 0.344 e. The molecular weight excluding hydrogens is 388 g/mol. The fraction of sp³-hybridized carbons (Fsp3) is 0.296. The zero-order valence-electron chi connectivity index (χ0n) is 18.9. The molecule has 0 aliphatic carbocycles. The lowest BCUT2D eigenvalue weighted by Gasteiger charge is -2.22. The van der Waals surface area contributed by atoms with Crippen molar-refractivity contribution in [2.45, 2.75) is 39.7 Å². The van der Waals surface area contributed by atoms with Gasteiger partial charge in [0.15, 0.2) is 0 Å². The molecule has 162 valence electrons. The summed E-state index contributed by atoms with van der Waals surface area (Å²) in [7, 11) is 1.59. The van der Waals surface area contributed by atoms with Gasteiger partial charge >= 0.3 is 5.97 Å². The van der Waals surface area contributed by atoms with Gasteiger partial charge in [-0.05, 0) is 46.7 Å². The molecule has 0 saturated carbocycles. The number of hydrogen-bond donors (Lipinski definition) is 0. The molecule has 0 N–H and O–H groups in total. The summed E-state index contributed by atoms with van der Waals surface area (Å²) in [4.78, 5) is 13.3. The standard InChI is InChI=1S/C27H30O4/c1-19-11-10-14-22(25(19)21-13-7-6-12-20(21)17-30-18-29-5)26(28)31-24-16-9-8-15-23(24)27(2,3)4/h6-16H,17-18H2,1-5H3. The quantitative estimate of drug-likeness (QED) is 0.195. The third-order valence-corrected chi connectivity index (χ3v) is 5.14. The molecule has 0 aliphatic heterocycles. The number of benzene rings is 3. The van der Waals surface area contributed by atoms with Crippen molar-refractivity contribution in [1.29, 1.82) is 0 Å². The van der Waals surface area contributed by atoms with E-state index in [9.17, 15) is 4.79 Å². The fourth-order valence-electron chi connectivity index (χ4n) is 3.65. The van der Waals surface area contributed by atoms with Crippen molar-refractivity contribution in [3.63, 3.8) is 0 Å². The summed E-state index contributed by atoms with van der Waals surface area (Å²) < 4.78 is 16.5. The minimum atomic E-state index is -0.372. The highest BCUT2D eigenvalue weighted by Gasteiger charge is 2.23. The van der Waals surface area contributed by atoms with Crippen LogP contribution in [0.1, 0.15) is 47.8 Å². The first-order valence-corrected chi connectivity index (χ1v) is 10.4. The van der Waals surface area contributed by atoms with E-state index in [2.05, 4.69) is 20.8 Å². The minimum Gasteiger partial charge on any atom is -0.423 e. The van der Waals surface area contributed by atoms with Crippen molar-refractivity contribution in [2.75, 3.05) is 13.9 Å². The van der Waals surface area contributed by atoms with Gasteiger partial charge in [-0.15, -0.1) is 0 Å². The number of esters is 1. The predicted molar refractivity (Wildman–Crippen MR) is 123 cm³/mol. The van der Waals surface area contributed by atoms with E-state index in [1.54, 1.807) is 7.11 Å². The monoisotopic (exact) mass is 418 g/mol. The van der Waals surface area contributed by atoms with Gasteiger partial charge in [-0.3, -0.25) is 0 Å². The van der Waals surface area contributed by atoms with Gasteiger partial charge in [0.25, 0.3) is 0 Å². The largest absolute Gasteiger partial charge is 0.423 e. The zero-order chi connectivity index (χ0) is 22.4. The van der Waals surface area contributed by atoms with Crippen LogP contribution in [0.2, 0.25) is 0 Å². The van der Waals surface area contributed by atoms with Crippen LogP contribution in [0.25, 0.3) is 11.1 Å². The first-order valence-electron chi connectivity index (χ1n) is 10.4. The molecule has 31 heavy (non-hydrogen) atoms. The van der Waals surface area contributed by atoms with E-state index in [-0.39, 0.29) is 18.2 Å². The van der Waals surface area contributed by atoms with Gasteiger partial charge in [-0.25, -0.2) is 4.79 Å². The second-order valence-corrected chi connectivity index (χ2v) is 8.55. The van der Waals surface area contributed by atoms with Crippen molar-refractivity contribution in [3.05, 3.63) is 89.0 Å². The molecule has 0 saturated heterocycles. The Morgan fingerprint density at radius 3 is 2.35 bits per heavy atom. The normalized spacial score (nSPS) is 11.4. The van der Waals surface area contributed by atoms with Crippen molar-refractivity contribution in [3.8, 4) is 16.9 Å². The van der Waals surface area contributed by atoms with Crippen molar-refractivity contribution >= 4 is 5.97 Å². The summed E-state index contributed by atoms with van der Waals surface area (Å²) in [5.74, 6) is 0.215. The second kappa shape index (κ2) is 9.90. The number of methoxy groups -OCH3 is 1. The summed E-state index contributed by atoms with van der Waals surface area (Å²) >= 11 is 0. The summed E-state index contributed by atoms with van der Waals surface area (Å²) in [5.41, 5.74) is 5.17. The first kappa shape index (κ1) is 22.7. The molecule has 4 heteroatoms. The first-order chi connectivity index (χ1) is 14.8. The van der Waals surface area contributed by atoms with Crippen LogP contribution >= 0.6 is 0 Å². The lowest BCUT2D eigenvalue weighted by atomic mass is 9.86. The topological polar surface area (TPSA) is 44.8 Å². The molecule has 0 unspecified atom stereocenters. The Morgan fingerprint density at radius 2 is 1.61 bits per heavy atom. The van der Waals surface area contributed by atoms with Gasteiger partial charge in [0, 0.05) is 12.7 Å². The molecule has 0 amide bonds. The van der Waals surface area contributed by atoms with E-state index in [0.29, 0.717) is 17.9 Å². The van der Waals surface area contributed by atoms with Crippen LogP contribution in [0, 0.1) is 6.92 Å². The molecule has 0 bridgehead atoms. The van der Waals surface area contributed by atoms with Crippen LogP contribution < -0.4 is 4.74 Å². The Kier molecular flexibility index (Phi) is 7.26. The van der Waals surface area contributed by atoms with Gasteiger partial charge in [-0.2, -0.15) is 0 Å². The molecule has 0 fully saturated rings. The van der Waals surface area contributed by atoms with E-state index in [1.165, 1.54) is 0 Å². The van der Waals surface area contributed by atoms with Crippen LogP contribution in [0.3, 0.4) is 0 Å². The lowest BCUT2D eigenvalue weighted by Crippen LogP contribution is -2.17. The number of para-hydroxylation sites is 1. The van der Waals surface area contributed by atoms with Crippen LogP contribution in [-0.4, -0.2) is 19.9 Å². The Morgan fingerprint density at radius 1 is 0.903 bits per heavy atom. The molecule has 0 heterocycles. The number of aryl methyl sites for hydroxylation is 1. The average Bonchev–Trinajstić information content (AvgIpc) is 2.74. The minimum absolute atomic E-state index is 0.141. The molecule has 3 aromatic carbocycles. The van der Waals surface area contributed by atoms with E-state index >= 15 is 0 Å². The van der Waals surface area contributed by atoms with Gasteiger partial charge in [0.2, 0.25) is 0 Å². The Bertz CT molecular complexity index is 1050. The number of carbonyl (C=O) groups excluding carboxylic acids is 1. The number of ether oxygens (including phenoxy) is 3. The Labute approximate surface area is 184 Å². The molecular formula is C27H30O4. The maximum atomic E-state index is 13.3. The van der Waals surface area contributed by atoms with Crippen molar-refractivity contribution < 1.29 is 19.0 Å². The van der Waals surface area contributed by atoms with Crippen LogP contribution in [-0.2, 0) is 21.5 Å². The molecule has 0 aromatic heterocycles. The summed E-state index contributed by atoms with van der Waals surface area (Å²) in [6, 6.07) is 21.3. The SMILES string of the molecule is COCOCc1ccccc1-c1c(C)cccc1C(=O)Oc1ccccc1C(C)(C)C. The summed E-state index contributed by atoms with van der Waals surface area (Å²) in [5, 5.41) is 0. The highest BCUT2D eigenvalue weighted by Crippen LogP contribution is 2.34. The molecule has 0 atom stereocenters. The molecule has 3 rings (SSSR count). The van der Waals surface area contributed by atoms with E-state index in [4.69, 9.17) is 14.2 Å². The van der Waals surface area contributed by atoms with Gasteiger partial charge < -0.3 is 14.2 Å². The second-order valence-electron chi connectivity index (χ2n) is 8.55. The third-order valence-electron chi connectivity index (χ3n) is 5.14. The highest BCUT2D eigenvalue weighted by atomic mass is 16.7. The van der Waals surface area contributed by atoms with E-state index in [1.807, 2.05) is 73.7 Å². The van der Waals surface area contributed by atoms with Crippen LogP contribution in [0.5, 0.6) is 5.75 Å². The molecule has 3 aromatic rings. The van der Waals surface area contributed by atoms with Gasteiger partial charge in [0.05, 0.1) is 12.2 Å². The van der Waals surface area contributed by atoms with Crippen molar-refractivity contribution in [2.24, 2.45) is 0 Å². The predicted octanol–water partition coefficient (Wildman–Crippen LogP) is 6.30. The smallest absolute Gasteiger partial charge is 0.344 e. The highest BCUT2D eigenvalue weighted by molar-refractivity contribution is 5.99. The Hall–Kier alpha value is -2.95. The summed E-state index contributed by atoms with van der Waals surface area (Å²) in [6.45, 7) is 8.92. The molecule has 0 spiro atoms. The fourth-order valence-corrected chi connectivity index (χ4v) is 3.65. The molecule has 0 radical (unpaired) electrons. The third kappa shape index (κ3) is 5.40. The van der Waals surface area contributed by atoms with Gasteiger partial charge in [-0.1, -0.05) is 75.4 Å². The van der Waals surface area contributed by atoms with Crippen LogP contribution in [0.15, 0.2) is 66.7 Å². The lowest BCUT2D eigenvalue weighted by molar-refractivity contribution is -0.0389. The number of rotatable bonds is 7. The van der Waals surface area contributed by atoms with Crippen LogP contribution in [0.4, 0.5) is 0 Å². The summed E-state index contributed by atoms with van der Waals surface area (Å²) in [6.07, 6.45) is 0. The van der Waals surface area contributed by atoms with Gasteiger partial charge in [0.1, 0.15) is 12.5 Å². The van der Waals surface area contributed by atoms with E-state index < -0.39 is 0 Å². The zero-order valence-corrected chi connectivity index (χ0v) is 18.9.